The first-order valence-electron chi connectivity index (χ1n) is 6.79. The molecule has 18 heavy (non-hydrogen) atoms. The summed E-state index contributed by atoms with van der Waals surface area (Å²) in [5.74, 6) is 0. The number of nitrogens with one attached hydrogen (secondary N) is 1. The molecule has 3 heteroatoms. The first-order valence-corrected chi connectivity index (χ1v) is 6.79. The Kier molecular flexibility index (Phi) is 4.38. The highest BCUT2D eigenvalue weighted by Gasteiger charge is 2.35. The molecule has 3 nitrogen and oxygen atoms in total. The van der Waals surface area contributed by atoms with Gasteiger partial charge in [-0.25, -0.2) is 0 Å². The van der Waals surface area contributed by atoms with Crippen molar-refractivity contribution < 1.29 is 5.11 Å². The highest BCUT2D eigenvalue weighted by molar-refractivity contribution is 5.15. The van der Waals surface area contributed by atoms with Crippen LogP contribution in [0.25, 0.3) is 0 Å². The average molecular weight is 248 g/mol. The van der Waals surface area contributed by atoms with E-state index in [0.717, 1.165) is 26.1 Å². The average Bonchev–Trinajstić information content (AvgIpc) is 2.71. The SMILES string of the molecule is CC(C)NCC1(O)CCN(Cc2ccccc2)C1. The molecule has 0 spiro atoms. The van der Waals surface area contributed by atoms with Gasteiger partial charge in [-0.2, -0.15) is 0 Å². The predicted molar refractivity (Wildman–Crippen MR) is 74.4 cm³/mol. The molecule has 1 atom stereocenters. The van der Waals surface area contributed by atoms with Crippen molar-refractivity contribution in [2.75, 3.05) is 19.6 Å². The van der Waals surface area contributed by atoms with E-state index in [0.29, 0.717) is 12.6 Å². The summed E-state index contributed by atoms with van der Waals surface area (Å²) >= 11 is 0. The fraction of sp³-hybridized carbons (Fsp3) is 0.600. The van der Waals surface area contributed by atoms with Gasteiger partial charge in [-0.3, -0.25) is 4.90 Å². The Morgan fingerprint density at radius 2 is 2.06 bits per heavy atom. The van der Waals surface area contributed by atoms with Crippen LogP contribution < -0.4 is 5.32 Å². The maximum Gasteiger partial charge on any atom is 0.0910 e. The third-order valence-corrected chi connectivity index (χ3v) is 3.50. The van der Waals surface area contributed by atoms with Crippen LogP contribution in [0.2, 0.25) is 0 Å². The molecule has 0 radical (unpaired) electrons. The van der Waals surface area contributed by atoms with E-state index < -0.39 is 5.60 Å². The first kappa shape index (κ1) is 13.5. The van der Waals surface area contributed by atoms with Gasteiger partial charge in [-0.15, -0.1) is 0 Å². The van der Waals surface area contributed by atoms with Crippen LogP contribution in [0.15, 0.2) is 30.3 Å². The van der Waals surface area contributed by atoms with E-state index in [1.165, 1.54) is 5.56 Å². The van der Waals surface area contributed by atoms with Crippen molar-refractivity contribution in [1.82, 2.24) is 10.2 Å². The van der Waals surface area contributed by atoms with Gasteiger partial charge in [-0.05, 0) is 12.0 Å². The standard InChI is InChI=1S/C15H24N2O/c1-13(2)16-11-15(18)8-9-17(12-15)10-14-6-4-3-5-7-14/h3-7,13,16,18H,8-12H2,1-2H3. The zero-order valence-electron chi connectivity index (χ0n) is 11.4. The molecule has 1 aromatic rings. The Bertz CT molecular complexity index is 366. The van der Waals surface area contributed by atoms with Crippen LogP contribution in [0.4, 0.5) is 0 Å². The minimum atomic E-state index is -0.556. The fourth-order valence-corrected chi connectivity index (χ4v) is 2.46. The molecule has 0 bridgehead atoms. The van der Waals surface area contributed by atoms with Gasteiger partial charge < -0.3 is 10.4 Å². The molecule has 1 heterocycles. The summed E-state index contributed by atoms with van der Waals surface area (Å²) in [6, 6.07) is 10.9. The molecule has 1 unspecified atom stereocenters. The van der Waals surface area contributed by atoms with Crippen LogP contribution in [0.3, 0.4) is 0 Å². The summed E-state index contributed by atoms with van der Waals surface area (Å²) in [6.07, 6.45) is 0.861. The van der Waals surface area contributed by atoms with Gasteiger partial charge in [-0.1, -0.05) is 44.2 Å². The molecular weight excluding hydrogens is 224 g/mol. The van der Waals surface area contributed by atoms with Crippen LogP contribution in [-0.4, -0.2) is 41.3 Å². The molecule has 2 N–H and O–H groups in total. The van der Waals surface area contributed by atoms with E-state index in [4.69, 9.17) is 0 Å². The van der Waals surface area contributed by atoms with E-state index >= 15 is 0 Å². The van der Waals surface area contributed by atoms with Gasteiger partial charge in [0.25, 0.3) is 0 Å². The molecule has 1 aliphatic heterocycles. The van der Waals surface area contributed by atoms with E-state index in [-0.39, 0.29) is 0 Å². The van der Waals surface area contributed by atoms with Gasteiger partial charge in [0.15, 0.2) is 0 Å². The van der Waals surface area contributed by atoms with Crippen molar-refractivity contribution in [3.05, 3.63) is 35.9 Å². The second-order valence-electron chi connectivity index (χ2n) is 5.71. The molecule has 0 aliphatic carbocycles. The highest BCUT2D eigenvalue weighted by atomic mass is 16.3. The number of benzene rings is 1. The molecule has 1 saturated heterocycles. The molecular formula is C15H24N2O. The second-order valence-corrected chi connectivity index (χ2v) is 5.71. The maximum absolute atomic E-state index is 10.5. The van der Waals surface area contributed by atoms with Crippen LogP contribution in [-0.2, 0) is 6.54 Å². The normalized spacial score (nSPS) is 24.9. The summed E-state index contributed by atoms with van der Waals surface area (Å²) in [4.78, 5) is 2.33. The predicted octanol–water partition coefficient (Wildman–Crippen LogP) is 1.62. The zero-order valence-corrected chi connectivity index (χ0v) is 11.4. The Hall–Kier alpha value is -0.900. The molecule has 0 aromatic heterocycles. The molecule has 2 rings (SSSR count). The Labute approximate surface area is 110 Å². The van der Waals surface area contributed by atoms with Gasteiger partial charge >= 0.3 is 0 Å². The molecule has 100 valence electrons. The number of hydrogen-bond acceptors (Lipinski definition) is 3. The molecule has 1 aliphatic rings. The molecule has 0 amide bonds. The van der Waals surface area contributed by atoms with E-state index in [2.05, 4.69) is 48.3 Å². The smallest absolute Gasteiger partial charge is 0.0910 e. The van der Waals surface area contributed by atoms with Crippen LogP contribution in [0, 0.1) is 0 Å². The van der Waals surface area contributed by atoms with E-state index in [1.807, 2.05) is 6.07 Å². The second kappa shape index (κ2) is 5.83. The summed E-state index contributed by atoms with van der Waals surface area (Å²) in [5, 5.41) is 13.8. The summed E-state index contributed by atoms with van der Waals surface area (Å²) in [5.41, 5.74) is 0.762. The highest BCUT2D eigenvalue weighted by Crippen LogP contribution is 2.22. The largest absolute Gasteiger partial charge is 0.387 e. The minimum absolute atomic E-state index is 0.428. The Morgan fingerprint density at radius 1 is 1.33 bits per heavy atom. The summed E-state index contributed by atoms with van der Waals surface area (Å²) in [7, 11) is 0. The number of nitrogens with zero attached hydrogens (tertiary/aromatic N) is 1. The molecule has 1 fully saturated rings. The Balaban J connectivity index is 1.84. The summed E-state index contributed by atoms with van der Waals surface area (Å²) in [6.45, 7) is 7.59. The lowest BCUT2D eigenvalue weighted by molar-refractivity contribution is 0.0466. The number of rotatable bonds is 5. The van der Waals surface area contributed by atoms with Gasteiger partial charge in [0, 0.05) is 32.2 Å². The lowest BCUT2D eigenvalue weighted by atomic mass is 10.0. The van der Waals surface area contributed by atoms with Crippen molar-refractivity contribution in [3.8, 4) is 0 Å². The number of hydrogen-bond donors (Lipinski definition) is 2. The van der Waals surface area contributed by atoms with Gasteiger partial charge in [0.05, 0.1) is 5.60 Å². The van der Waals surface area contributed by atoms with Crippen molar-refractivity contribution >= 4 is 0 Å². The monoisotopic (exact) mass is 248 g/mol. The topological polar surface area (TPSA) is 35.5 Å². The van der Waals surface area contributed by atoms with Crippen molar-refractivity contribution in [2.24, 2.45) is 0 Å². The maximum atomic E-state index is 10.5. The minimum Gasteiger partial charge on any atom is -0.387 e. The fourth-order valence-electron chi connectivity index (χ4n) is 2.46. The number of aliphatic hydroxyl groups is 1. The van der Waals surface area contributed by atoms with Crippen LogP contribution >= 0.6 is 0 Å². The lowest BCUT2D eigenvalue weighted by Crippen LogP contribution is -2.44. The number of β-amino-alcohol motifs (C(OH)–C–C–N with tert-alkyl or cyclic N) is 1. The van der Waals surface area contributed by atoms with Gasteiger partial charge in [0.2, 0.25) is 0 Å². The van der Waals surface area contributed by atoms with Gasteiger partial charge in [0.1, 0.15) is 0 Å². The third kappa shape index (κ3) is 3.80. The molecule has 1 aromatic carbocycles. The lowest BCUT2D eigenvalue weighted by Gasteiger charge is -2.25. The number of likely N-dealkylation sites (tertiary alicyclic amines) is 1. The quantitative estimate of drug-likeness (QED) is 0.831. The van der Waals surface area contributed by atoms with Crippen molar-refractivity contribution in [3.63, 3.8) is 0 Å². The van der Waals surface area contributed by atoms with E-state index in [1.54, 1.807) is 0 Å². The zero-order chi connectivity index (χ0) is 13.0. The van der Waals surface area contributed by atoms with Crippen molar-refractivity contribution in [1.29, 1.82) is 0 Å². The first-order chi connectivity index (χ1) is 8.57. The summed E-state index contributed by atoms with van der Waals surface area (Å²) < 4.78 is 0. The van der Waals surface area contributed by atoms with Crippen molar-refractivity contribution in [2.45, 2.75) is 38.5 Å². The van der Waals surface area contributed by atoms with Crippen LogP contribution in [0.5, 0.6) is 0 Å². The van der Waals surface area contributed by atoms with E-state index in [9.17, 15) is 5.11 Å². The van der Waals surface area contributed by atoms with Crippen LogP contribution in [0.1, 0.15) is 25.8 Å². The third-order valence-electron chi connectivity index (χ3n) is 3.50. The molecule has 0 saturated carbocycles. The Morgan fingerprint density at radius 3 is 2.72 bits per heavy atom.